The predicted octanol–water partition coefficient (Wildman–Crippen LogP) is 6.31. The van der Waals surface area contributed by atoms with Gasteiger partial charge in [0.25, 0.3) is 0 Å². The number of benzene rings is 1. The minimum atomic E-state index is -1.25. The summed E-state index contributed by atoms with van der Waals surface area (Å²) in [6.45, 7) is 11.2. The summed E-state index contributed by atoms with van der Waals surface area (Å²) in [5.41, 5.74) is 0.705. The van der Waals surface area contributed by atoms with Crippen molar-refractivity contribution in [1.29, 1.82) is 0 Å². The molecule has 0 aliphatic carbocycles. The molecule has 1 aromatic rings. The summed E-state index contributed by atoms with van der Waals surface area (Å²) >= 11 is 0. The highest BCUT2D eigenvalue weighted by atomic mass is 19.2. The summed E-state index contributed by atoms with van der Waals surface area (Å²) in [6, 6.07) is 2.43. The highest BCUT2D eigenvalue weighted by molar-refractivity contribution is 5.52. The van der Waals surface area contributed by atoms with Gasteiger partial charge in [-0.3, -0.25) is 0 Å². The van der Waals surface area contributed by atoms with Crippen molar-refractivity contribution in [1.82, 2.24) is 0 Å². The van der Waals surface area contributed by atoms with E-state index in [0.29, 0.717) is 5.57 Å². The van der Waals surface area contributed by atoms with Crippen LogP contribution in [0.25, 0.3) is 6.08 Å². The van der Waals surface area contributed by atoms with Crippen molar-refractivity contribution in [3.05, 3.63) is 71.8 Å². The molecule has 26 heavy (non-hydrogen) atoms. The van der Waals surface area contributed by atoms with Crippen molar-refractivity contribution in [2.24, 2.45) is 11.8 Å². The second-order valence-electron chi connectivity index (χ2n) is 6.31. The minimum Gasteiger partial charge on any atom is -0.505 e. The smallest absolute Gasteiger partial charge is 0.200 e. The Bertz CT molecular complexity index is 720. The molecular formula is C21H25F3O2. The van der Waals surface area contributed by atoms with Gasteiger partial charge in [-0.1, -0.05) is 39.2 Å². The number of hydrogen-bond acceptors (Lipinski definition) is 2. The molecule has 0 saturated carbocycles. The van der Waals surface area contributed by atoms with Crippen LogP contribution in [0.15, 0.2) is 54.6 Å². The number of rotatable bonds is 9. The van der Waals surface area contributed by atoms with E-state index >= 15 is 0 Å². The van der Waals surface area contributed by atoms with Crippen molar-refractivity contribution < 1.29 is 23.0 Å². The van der Waals surface area contributed by atoms with Gasteiger partial charge in [-0.2, -0.15) is 4.39 Å². The average molecular weight is 366 g/mol. The maximum atomic E-state index is 13.7. The zero-order valence-electron chi connectivity index (χ0n) is 15.4. The third kappa shape index (κ3) is 6.14. The topological polar surface area (TPSA) is 29.5 Å². The molecule has 1 aromatic carbocycles. The van der Waals surface area contributed by atoms with Crippen molar-refractivity contribution >= 4 is 6.08 Å². The largest absolute Gasteiger partial charge is 0.505 e. The van der Waals surface area contributed by atoms with Crippen molar-refractivity contribution in [2.75, 3.05) is 7.11 Å². The monoisotopic (exact) mass is 366 g/mol. The lowest BCUT2D eigenvalue weighted by molar-refractivity contribution is 0.285. The minimum absolute atomic E-state index is 0.0437. The van der Waals surface area contributed by atoms with E-state index in [9.17, 15) is 13.2 Å². The van der Waals surface area contributed by atoms with Crippen LogP contribution in [0.4, 0.5) is 13.2 Å². The van der Waals surface area contributed by atoms with E-state index in [1.165, 1.54) is 25.3 Å². The van der Waals surface area contributed by atoms with Crippen LogP contribution in [-0.2, 0) is 4.74 Å². The highest BCUT2D eigenvalue weighted by Gasteiger charge is 2.12. The number of phenolic OH excluding ortho intramolecular Hbond substituents is 1. The molecule has 0 heterocycles. The summed E-state index contributed by atoms with van der Waals surface area (Å²) in [5.74, 6) is -3.49. The number of ether oxygens (including phenoxy) is 1. The molecular weight excluding hydrogens is 341 g/mol. The standard InChI is InChI=1S/C21H25F3O2/c1-13(7-9-17-10-11-19(25)21(24)20(17)23)6-8-14(2)15(3)12-18(22)16(4)26-5/h7,9-14,25H,3-4,6,8H2,1-2,5H3/b9-7+,18-12+. The molecule has 0 fully saturated rings. The first kappa shape index (κ1) is 21.6. The predicted molar refractivity (Wildman–Crippen MR) is 99.1 cm³/mol. The summed E-state index contributed by atoms with van der Waals surface area (Å²) in [6.07, 6.45) is 6.09. The van der Waals surface area contributed by atoms with Crippen molar-refractivity contribution in [2.45, 2.75) is 26.7 Å². The van der Waals surface area contributed by atoms with Crippen LogP contribution in [0.5, 0.6) is 5.75 Å². The van der Waals surface area contributed by atoms with Crippen LogP contribution < -0.4 is 0 Å². The molecule has 2 atom stereocenters. The lowest BCUT2D eigenvalue weighted by Crippen LogP contribution is -2.01. The van der Waals surface area contributed by atoms with Gasteiger partial charge in [-0.15, -0.1) is 0 Å². The fourth-order valence-electron chi connectivity index (χ4n) is 2.23. The number of hydrogen-bond donors (Lipinski definition) is 1. The van der Waals surface area contributed by atoms with Gasteiger partial charge in [0, 0.05) is 5.56 Å². The molecule has 1 rings (SSSR count). The third-order valence-corrected chi connectivity index (χ3v) is 4.21. The second-order valence-corrected chi connectivity index (χ2v) is 6.31. The zero-order valence-corrected chi connectivity index (χ0v) is 15.4. The van der Waals surface area contributed by atoms with Crippen LogP contribution in [0.2, 0.25) is 0 Å². The highest BCUT2D eigenvalue weighted by Crippen LogP contribution is 2.25. The number of aromatic hydroxyl groups is 1. The Morgan fingerprint density at radius 1 is 1.19 bits per heavy atom. The molecule has 142 valence electrons. The molecule has 2 nitrogen and oxygen atoms in total. The molecule has 0 amide bonds. The Kier molecular flexibility index (Phi) is 8.23. The van der Waals surface area contributed by atoms with Gasteiger partial charge in [-0.25, -0.2) is 8.78 Å². The van der Waals surface area contributed by atoms with Gasteiger partial charge in [0.15, 0.2) is 17.4 Å². The number of methoxy groups -OCH3 is 1. The molecule has 0 bridgehead atoms. The molecule has 2 unspecified atom stereocenters. The van der Waals surface area contributed by atoms with Crippen LogP contribution in [0.3, 0.4) is 0 Å². The van der Waals surface area contributed by atoms with Gasteiger partial charge in [0.1, 0.15) is 5.76 Å². The van der Waals surface area contributed by atoms with Gasteiger partial charge < -0.3 is 9.84 Å². The lowest BCUT2D eigenvalue weighted by atomic mass is 9.92. The van der Waals surface area contributed by atoms with Gasteiger partial charge in [0.2, 0.25) is 5.82 Å². The third-order valence-electron chi connectivity index (χ3n) is 4.21. The first-order valence-electron chi connectivity index (χ1n) is 8.31. The van der Waals surface area contributed by atoms with Gasteiger partial charge >= 0.3 is 0 Å². The SMILES string of the molecule is C=C(OC)/C(F)=C\C(=C)C(C)CCC(C)/C=C/c1ccc(O)c(F)c1F. The van der Waals surface area contributed by atoms with E-state index in [4.69, 9.17) is 9.84 Å². The first-order chi connectivity index (χ1) is 12.2. The Labute approximate surface area is 153 Å². The molecule has 5 heteroatoms. The lowest BCUT2D eigenvalue weighted by Gasteiger charge is -2.14. The van der Waals surface area contributed by atoms with Crippen LogP contribution in [0.1, 0.15) is 32.3 Å². The fraction of sp³-hybridized carbons (Fsp3) is 0.333. The first-order valence-corrected chi connectivity index (χ1v) is 8.31. The maximum Gasteiger partial charge on any atom is 0.200 e. The number of allylic oxidation sites excluding steroid dienone is 4. The Balaban J connectivity index is 2.61. The molecule has 0 aliphatic rings. The van der Waals surface area contributed by atoms with E-state index < -0.39 is 23.2 Å². The van der Waals surface area contributed by atoms with E-state index in [-0.39, 0.29) is 23.2 Å². The van der Waals surface area contributed by atoms with E-state index in [1.54, 1.807) is 6.08 Å². The van der Waals surface area contributed by atoms with Crippen LogP contribution in [0, 0.1) is 23.5 Å². The van der Waals surface area contributed by atoms with Crippen molar-refractivity contribution in [3.63, 3.8) is 0 Å². The quantitative estimate of drug-likeness (QED) is 0.410. The molecule has 0 spiro atoms. The molecule has 0 aromatic heterocycles. The normalized spacial score (nSPS) is 14.3. The number of halogens is 3. The van der Waals surface area contributed by atoms with Crippen molar-refractivity contribution in [3.8, 4) is 5.75 Å². The van der Waals surface area contributed by atoms with E-state index in [0.717, 1.165) is 18.9 Å². The molecule has 0 aliphatic heterocycles. The Hall–Kier alpha value is -2.43. The molecule has 1 N–H and O–H groups in total. The van der Waals surface area contributed by atoms with Gasteiger partial charge in [-0.05, 0) is 48.5 Å². The fourth-order valence-corrected chi connectivity index (χ4v) is 2.23. The molecule has 0 saturated heterocycles. The summed E-state index contributed by atoms with van der Waals surface area (Å²) in [5, 5.41) is 9.12. The Morgan fingerprint density at radius 3 is 2.46 bits per heavy atom. The summed E-state index contributed by atoms with van der Waals surface area (Å²) < 4.78 is 45.4. The maximum absolute atomic E-state index is 13.7. The average Bonchev–Trinajstić information content (AvgIpc) is 2.62. The summed E-state index contributed by atoms with van der Waals surface area (Å²) in [7, 11) is 1.35. The zero-order chi connectivity index (χ0) is 19.9. The van der Waals surface area contributed by atoms with E-state index in [1.807, 2.05) is 13.8 Å². The van der Waals surface area contributed by atoms with Crippen LogP contribution >= 0.6 is 0 Å². The summed E-state index contributed by atoms with van der Waals surface area (Å²) in [4.78, 5) is 0. The molecule has 0 radical (unpaired) electrons. The number of phenols is 1. The van der Waals surface area contributed by atoms with Gasteiger partial charge in [0.05, 0.1) is 7.11 Å². The second kappa shape index (κ2) is 9.90. The Morgan fingerprint density at radius 2 is 1.85 bits per heavy atom. The van der Waals surface area contributed by atoms with E-state index in [2.05, 4.69) is 13.2 Å². The van der Waals surface area contributed by atoms with Crippen LogP contribution in [-0.4, -0.2) is 12.2 Å².